The van der Waals surface area contributed by atoms with Crippen molar-refractivity contribution in [3.63, 3.8) is 0 Å². The zero-order chi connectivity index (χ0) is 12.3. The number of hydrogen-bond acceptors (Lipinski definition) is 5. The molecule has 7 heteroatoms. The van der Waals surface area contributed by atoms with Gasteiger partial charge in [-0.2, -0.15) is 4.98 Å². The molecule has 0 saturated heterocycles. The second-order valence-corrected chi connectivity index (χ2v) is 4.73. The molecule has 1 heterocycles. The Hall–Kier alpha value is -1.18. The molecule has 0 radical (unpaired) electrons. The first-order chi connectivity index (χ1) is 8.20. The van der Waals surface area contributed by atoms with E-state index in [4.69, 9.17) is 10.6 Å². The molecule has 0 amide bonds. The van der Waals surface area contributed by atoms with E-state index in [1.54, 1.807) is 6.20 Å². The van der Waals surface area contributed by atoms with E-state index in [9.17, 15) is 0 Å². The van der Waals surface area contributed by atoms with E-state index in [0.717, 1.165) is 4.47 Å². The number of nitrogen functional groups attached to an aromatic ring is 1. The molecule has 0 fully saturated rings. The van der Waals surface area contributed by atoms with Gasteiger partial charge in [0.25, 0.3) is 0 Å². The predicted octanol–water partition coefficient (Wildman–Crippen LogP) is 3.08. The molecule has 0 aliphatic rings. The smallest absolute Gasteiger partial charge is 0.240 e. The highest BCUT2D eigenvalue weighted by atomic mass is 79.9. The van der Waals surface area contributed by atoms with E-state index in [2.05, 4.69) is 47.3 Å². The number of ether oxygens (including phenoxy) is 1. The number of nitrogens with one attached hydrogen (secondary N) is 1. The van der Waals surface area contributed by atoms with Crippen molar-refractivity contribution in [3.05, 3.63) is 39.4 Å². The number of nitrogens with two attached hydrogens (primary N) is 1. The molecule has 0 saturated carbocycles. The Morgan fingerprint density at radius 3 is 2.65 bits per heavy atom. The van der Waals surface area contributed by atoms with Gasteiger partial charge < -0.3 is 4.74 Å². The Labute approximate surface area is 115 Å². The van der Waals surface area contributed by atoms with Gasteiger partial charge in [-0.3, -0.25) is 5.43 Å². The monoisotopic (exact) mass is 358 g/mol. The predicted molar refractivity (Wildman–Crippen MR) is 71.8 cm³/mol. The molecule has 5 nitrogen and oxygen atoms in total. The fourth-order valence-electron chi connectivity index (χ4n) is 1.12. The summed E-state index contributed by atoms with van der Waals surface area (Å²) in [5.41, 5.74) is 2.36. The van der Waals surface area contributed by atoms with Crippen LogP contribution in [0.5, 0.6) is 11.6 Å². The van der Waals surface area contributed by atoms with Crippen LogP contribution in [0.25, 0.3) is 0 Å². The SMILES string of the molecule is NNc1ncc(Br)c(Oc2ccccc2Br)n1. The molecule has 0 aliphatic heterocycles. The fourth-order valence-corrected chi connectivity index (χ4v) is 1.76. The van der Waals surface area contributed by atoms with Crippen LogP contribution in [0.2, 0.25) is 0 Å². The number of aromatic nitrogens is 2. The Balaban J connectivity index is 2.32. The second kappa shape index (κ2) is 5.44. The van der Waals surface area contributed by atoms with Gasteiger partial charge in [0.15, 0.2) is 0 Å². The number of benzene rings is 1. The lowest BCUT2D eigenvalue weighted by Gasteiger charge is -2.08. The molecule has 1 aromatic carbocycles. The van der Waals surface area contributed by atoms with Crippen LogP contribution in [-0.2, 0) is 0 Å². The Bertz CT molecular complexity index is 535. The summed E-state index contributed by atoms with van der Waals surface area (Å²) in [6.45, 7) is 0. The lowest BCUT2D eigenvalue weighted by molar-refractivity contribution is 0.456. The Morgan fingerprint density at radius 1 is 1.18 bits per heavy atom. The van der Waals surface area contributed by atoms with E-state index in [-0.39, 0.29) is 5.95 Å². The van der Waals surface area contributed by atoms with Gasteiger partial charge in [-0.25, -0.2) is 10.8 Å². The maximum absolute atomic E-state index is 5.64. The highest BCUT2D eigenvalue weighted by Gasteiger charge is 2.08. The van der Waals surface area contributed by atoms with Crippen molar-refractivity contribution in [2.75, 3.05) is 5.43 Å². The molecule has 1 aromatic heterocycles. The van der Waals surface area contributed by atoms with Gasteiger partial charge in [-0.05, 0) is 44.0 Å². The maximum Gasteiger partial charge on any atom is 0.240 e. The van der Waals surface area contributed by atoms with Gasteiger partial charge in [0.05, 0.1) is 15.1 Å². The zero-order valence-corrected chi connectivity index (χ0v) is 11.7. The largest absolute Gasteiger partial charge is 0.437 e. The van der Waals surface area contributed by atoms with Crippen LogP contribution in [-0.4, -0.2) is 9.97 Å². The summed E-state index contributed by atoms with van der Waals surface area (Å²) >= 11 is 6.70. The average Bonchev–Trinajstić information content (AvgIpc) is 2.35. The van der Waals surface area contributed by atoms with Crippen molar-refractivity contribution >= 4 is 37.8 Å². The third-order valence-electron chi connectivity index (χ3n) is 1.88. The molecule has 17 heavy (non-hydrogen) atoms. The van der Waals surface area contributed by atoms with E-state index >= 15 is 0 Å². The summed E-state index contributed by atoms with van der Waals surface area (Å²) in [5.74, 6) is 6.57. The number of anilines is 1. The molecule has 0 atom stereocenters. The van der Waals surface area contributed by atoms with Gasteiger partial charge >= 0.3 is 0 Å². The molecule has 0 bridgehead atoms. The summed E-state index contributed by atoms with van der Waals surface area (Å²) in [4.78, 5) is 8.03. The third-order valence-corrected chi connectivity index (χ3v) is 3.08. The number of halogens is 2. The molecular weight excluding hydrogens is 352 g/mol. The van der Waals surface area contributed by atoms with E-state index < -0.39 is 0 Å². The minimum atomic E-state index is 0.287. The highest BCUT2D eigenvalue weighted by molar-refractivity contribution is 9.11. The van der Waals surface area contributed by atoms with E-state index in [1.165, 1.54) is 0 Å². The summed E-state index contributed by atoms with van der Waals surface area (Å²) in [6, 6.07) is 7.48. The lowest BCUT2D eigenvalue weighted by Crippen LogP contribution is -2.10. The molecule has 2 rings (SSSR count). The van der Waals surface area contributed by atoms with Crippen molar-refractivity contribution in [1.29, 1.82) is 0 Å². The van der Waals surface area contributed by atoms with Gasteiger partial charge in [0, 0.05) is 0 Å². The second-order valence-electron chi connectivity index (χ2n) is 3.02. The van der Waals surface area contributed by atoms with E-state index in [1.807, 2.05) is 24.3 Å². The normalized spacial score (nSPS) is 10.1. The number of hydrazine groups is 1. The Morgan fingerprint density at radius 2 is 1.94 bits per heavy atom. The van der Waals surface area contributed by atoms with Crippen LogP contribution in [0.15, 0.2) is 39.4 Å². The summed E-state index contributed by atoms with van der Waals surface area (Å²) in [7, 11) is 0. The van der Waals surface area contributed by atoms with Crippen LogP contribution in [0.4, 0.5) is 5.95 Å². The van der Waals surface area contributed by atoms with Gasteiger partial charge in [-0.1, -0.05) is 12.1 Å². The fraction of sp³-hybridized carbons (Fsp3) is 0. The first-order valence-electron chi connectivity index (χ1n) is 4.62. The molecule has 2 aromatic rings. The summed E-state index contributed by atoms with van der Waals surface area (Å²) in [5, 5.41) is 0. The standard InChI is InChI=1S/C10H8Br2N4O/c11-6-3-1-2-4-8(6)17-9-7(12)5-14-10(15-9)16-13/h1-5H,13H2,(H,14,15,16). The molecular formula is C10H8Br2N4O. The van der Waals surface area contributed by atoms with Crippen LogP contribution >= 0.6 is 31.9 Å². The van der Waals surface area contributed by atoms with Crippen molar-refractivity contribution in [2.24, 2.45) is 5.84 Å². The quantitative estimate of drug-likeness (QED) is 0.650. The molecule has 0 unspecified atom stereocenters. The third kappa shape index (κ3) is 2.93. The lowest BCUT2D eigenvalue weighted by atomic mass is 10.3. The first-order valence-corrected chi connectivity index (χ1v) is 6.21. The highest BCUT2D eigenvalue weighted by Crippen LogP contribution is 2.32. The minimum Gasteiger partial charge on any atom is -0.437 e. The number of para-hydroxylation sites is 1. The van der Waals surface area contributed by atoms with Crippen LogP contribution in [0.3, 0.4) is 0 Å². The van der Waals surface area contributed by atoms with Gasteiger partial charge in [0.2, 0.25) is 11.8 Å². The number of hydrogen-bond donors (Lipinski definition) is 2. The van der Waals surface area contributed by atoms with Crippen LogP contribution in [0.1, 0.15) is 0 Å². The van der Waals surface area contributed by atoms with Gasteiger partial charge in [0.1, 0.15) is 5.75 Å². The number of rotatable bonds is 3. The summed E-state index contributed by atoms with van der Waals surface area (Å²) < 4.78 is 7.13. The van der Waals surface area contributed by atoms with Crippen molar-refractivity contribution < 1.29 is 4.74 Å². The molecule has 0 spiro atoms. The topological polar surface area (TPSA) is 73.1 Å². The van der Waals surface area contributed by atoms with Crippen molar-refractivity contribution in [1.82, 2.24) is 9.97 Å². The van der Waals surface area contributed by atoms with Crippen molar-refractivity contribution in [3.8, 4) is 11.6 Å². The molecule has 0 aliphatic carbocycles. The van der Waals surface area contributed by atoms with Crippen molar-refractivity contribution in [2.45, 2.75) is 0 Å². The maximum atomic E-state index is 5.64. The zero-order valence-electron chi connectivity index (χ0n) is 8.52. The van der Waals surface area contributed by atoms with E-state index in [0.29, 0.717) is 16.1 Å². The van der Waals surface area contributed by atoms with Crippen LogP contribution in [0, 0.1) is 0 Å². The number of nitrogens with zero attached hydrogens (tertiary/aromatic N) is 2. The Kier molecular flexibility index (Phi) is 3.93. The summed E-state index contributed by atoms with van der Waals surface area (Å²) in [6.07, 6.45) is 1.56. The first kappa shape index (κ1) is 12.3. The molecule has 3 N–H and O–H groups in total. The van der Waals surface area contributed by atoms with Crippen LogP contribution < -0.4 is 16.0 Å². The minimum absolute atomic E-state index is 0.287. The van der Waals surface area contributed by atoms with Gasteiger partial charge in [-0.15, -0.1) is 0 Å². The average molecular weight is 360 g/mol. The molecule has 88 valence electrons.